The third-order valence-electron chi connectivity index (χ3n) is 2.31. The van der Waals surface area contributed by atoms with E-state index >= 15 is 0 Å². The monoisotopic (exact) mass is 262 g/mol. The summed E-state index contributed by atoms with van der Waals surface area (Å²) in [6.45, 7) is 0.732. The van der Waals surface area contributed by atoms with Crippen molar-refractivity contribution in [1.29, 1.82) is 0 Å². The number of carbonyl (C=O) groups excluding carboxylic acids is 1. The molecule has 0 aliphatic heterocycles. The third kappa shape index (κ3) is 3.33. The average Bonchev–Trinajstić information content (AvgIpc) is 2.86. The molecule has 6 heteroatoms. The number of nitrogens with zero attached hydrogens (tertiary/aromatic N) is 3. The minimum absolute atomic E-state index is 0.0893. The molecule has 18 heavy (non-hydrogen) atoms. The minimum Gasteiger partial charge on any atom is -0.354 e. The van der Waals surface area contributed by atoms with Gasteiger partial charge in [-0.15, -0.1) is 0 Å². The Morgan fingerprint density at radius 1 is 1.33 bits per heavy atom. The molecule has 5 nitrogen and oxygen atoms in total. The highest BCUT2D eigenvalue weighted by molar-refractivity contribution is 7.80. The Kier molecular flexibility index (Phi) is 4.35. The van der Waals surface area contributed by atoms with Crippen molar-refractivity contribution in [2.24, 2.45) is 0 Å². The van der Waals surface area contributed by atoms with Crippen molar-refractivity contribution in [3.63, 3.8) is 0 Å². The average molecular weight is 262 g/mol. The molecular weight excluding hydrogens is 248 g/mol. The van der Waals surface area contributed by atoms with Crippen LogP contribution in [0.3, 0.4) is 0 Å². The van der Waals surface area contributed by atoms with E-state index in [1.165, 1.54) is 4.68 Å². The fraction of sp³-hybridized carbons (Fsp3) is 0.250. The van der Waals surface area contributed by atoms with E-state index in [4.69, 9.17) is 0 Å². The maximum absolute atomic E-state index is 11.5. The van der Waals surface area contributed by atoms with Gasteiger partial charge in [-0.3, -0.25) is 4.79 Å². The molecule has 0 aliphatic carbocycles. The Morgan fingerprint density at radius 2 is 2.11 bits per heavy atom. The summed E-state index contributed by atoms with van der Waals surface area (Å²) in [5, 5.41) is 6.98. The lowest BCUT2D eigenvalue weighted by atomic mass is 10.2. The second-order valence-electron chi connectivity index (χ2n) is 3.71. The summed E-state index contributed by atoms with van der Waals surface area (Å²) in [7, 11) is 0. The highest BCUT2D eigenvalue weighted by Crippen LogP contribution is 2.12. The van der Waals surface area contributed by atoms with E-state index in [1.54, 1.807) is 6.33 Å². The lowest BCUT2D eigenvalue weighted by molar-refractivity contribution is -0.121. The molecular formula is C12H14N4OS. The predicted molar refractivity (Wildman–Crippen MR) is 72.3 cm³/mol. The summed E-state index contributed by atoms with van der Waals surface area (Å²) in [4.78, 5) is 15.7. The zero-order valence-electron chi connectivity index (χ0n) is 9.78. The van der Waals surface area contributed by atoms with Gasteiger partial charge in [0.15, 0.2) is 5.82 Å². The molecule has 0 spiro atoms. The molecule has 0 saturated heterocycles. The van der Waals surface area contributed by atoms with Gasteiger partial charge in [0.1, 0.15) is 12.9 Å². The van der Waals surface area contributed by atoms with Gasteiger partial charge in [0.05, 0.1) is 0 Å². The second kappa shape index (κ2) is 6.20. The lowest BCUT2D eigenvalue weighted by Gasteiger charge is -2.02. The molecule has 2 aromatic rings. The van der Waals surface area contributed by atoms with Crippen molar-refractivity contribution in [2.45, 2.75) is 6.54 Å². The first-order valence-electron chi connectivity index (χ1n) is 5.62. The Balaban J connectivity index is 2.00. The van der Waals surface area contributed by atoms with Crippen LogP contribution in [0.25, 0.3) is 11.4 Å². The highest BCUT2D eigenvalue weighted by atomic mass is 32.1. The van der Waals surface area contributed by atoms with Gasteiger partial charge in [-0.2, -0.15) is 17.7 Å². The number of nitrogens with one attached hydrogen (secondary N) is 1. The smallest absolute Gasteiger partial charge is 0.241 e. The number of aromatic nitrogens is 3. The zero-order chi connectivity index (χ0) is 12.8. The van der Waals surface area contributed by atoms with Crippen LogP contribution < -0.4 is 5.32 Å². The van der Waals surface area contributed by atoms with Crippen LogP contribution in [0.1, 0.15) is 0 Å². The molecule has 0 radical (unpaired) electrons. The molecule has 0 saturated carbocycles. The van der Waals surface area contributed by atoms with Crippen LogP contribution in [0, 0.1) is 0 Å². The van der Waals surface area contributed by atoms with E-state index in [0.717, 1.165) is 5.56 Å². The summed E-state index contributed by atoms with van der Waals surface area (Å²) >= 11 is 4.02. The fourth-order valence-electron chi connectivity index (χ4n) is 1.49. The van der Waals surface area contributed by atoms with Gasteiger partial charge in [-0.25, -0.2) is 9.67 Å². The maximum Gasteiger partial charge on any atom is 0.241 e. The molecule has 0 unspecified atom stereocenters. The third-order valence-corrected chi connectivity index (χ3v) is 2.53. The number of benzene rings is 1. The number of hydrogen-bond donors (Lipinski definition) is 2. The number of amides is 1. The second-order valence-corrected chi connectivity index (χ2v) is 4.15. The van der Waals surface area contributed by atoms with Gasteiger partial charge < -0.3 is 5.32 Å². The molecule has 1 amide bonds. The van der Waals surface area contributed by atoms with Gasteiger partial charge in [-0.05, 0) is 0 Å². The van der Waals surface area contributed by atoms with Gasteiger partial charge >= 0.3 is 0 Å². The molecule has 0 atom stereocenters. The molecule has 0 bridgehead atoms. The topological polar surface area (TPSA) is 59.8 Å². The Bertz CT molecular complexity index is 512. The van der Waals surface area contributed by atoms with E-state index in [1.807, 2.05) is 30.3 Å². The molecule has 2 rings (SSSR count). The first-order valence-corrected chi connectivity index (χ1v) is 6.25. The standard InChI is InChI=1S/C12H14N4OS/c17-11(13-6-7-18)8-16-9-14-12(15-16)10-4-2-1-3-5-10/h1-5,9,18H,6-8H2,(H,13,17). The quantitative estimate of drug-likeness (QED) is 0.790. The van der Waals surface area contributed by atoms with Crippen LogP contribution in [0.5, 0.6) is 0 Å². The Morgan fingerprint density at radius 3 is 2.83 bits per heavy atom. The number of hydrogen-bond acceptors (Lipinski definition) is 4. The van der Waals surface area contributed by atoms with Gasteiger partial charge in [0, 0.05) is 17.9 Å². The number of carbonyl (C=O) groups is 1. The predicted octanol–water partition coefficient (Wildman–Crippen LogP) is 0.991. The Hall–Kier alpha value is -1.82. The van der Waals surface area contributed by atoms with Gasteiger partial charge in [0.2, 0.25) is 5.91 Å². The molecule has 1 aromatic heterocycles. The Labute approximate surface area is 111 Å². The van der Waals surface area contributed by atoms with Gasteiger partial charge in [0.25, 0.3) is 0 Å². The molecule has 0 aliphatic rings. The van der Waals surface area contributed by atoms with Crippen molar-refractivity contribution >= 4 is 18.5 Å². The van der Waals surface area contributed by atoms with Gasteiger partial charge in [-0.1, -0.05) is 30.3 Å². The summed E-state index contributed by atoms with van der Waals surface area (Å²) in [5.74, 6) is 1.16. The van der Waals surface area contributed by atoms with Crippen LogP contribution in [-0.4, -0.2) is 33.0 Å². The van der Waals surface area contributed by atoms with Crippen molar-refractivity contribution < 1.29 is 4.79 Å². The van der Waals surface area contributed by atoms with Crippen molar-refractivity contribution in [2.75, 3.05) is 12.3 Å². The van der Waals surface area contributed by atoms with E-state index in [-0.39, 0.29) is 12.5 Å². The minimum atomic E-state index is -0.0893. The van der Waals surface area contributed by atoms with Crippen LogP contribution in [0.4, 0.5) is 0 Å². The van der Waals surface area contributed by atoms with E-state index in [0.29, 0.717) is 18.1 Å². The normalized spacial score (nSPS) is 10.3. The summed E-state index contributed by atoms with van der Waals surface area (Å²) in [6.07, 6.45) is 1.56. The van der Waals surface area contributed by atoms with E-state index < -0.39 is 0 Å². The van der Waals surface area contributed by atoms with Crippen molar-refractivity contribution in [3.05, 3.63) is 36.7 Å². The first-order chi connectivity index (χ1) is 8.79. The zero-order valence-corrected chi connectivity index (χ0v) is 10.7. The molecule has 94 valence electrons. The van der Waals surface area contributed by atoms with Crippen LogP contribution in [0.2, 0.25) is 0 Å². The highest BCUT2D eigenvalue weighted by Gasteiger charge is 2.06. The lowest BCUT2D eigenvalue weighted by Crippen LogP contribution is -2.29. The van der Waals surface area contributed by atoms with E-state index in [9.17, 15) is 4.79 Å². The molecule has 1 aromatic carbocycles. The SMILES string of the molecule is O=C(Cn1cnc(-c2ccccc2)n1)NCCS. The summed E-state index contributed by atoms with van der Waals surface area (Å²) in [6, 6.07) is 9.65. The summed E-state index contributed by atoms with van der Waals surface area (Å²) < 4.78 is 1.52. The molecule has 0 fully saturated rings. The largest absolute Gasteiger partial charge is 0.354 e. The van der Waals surface area contributed by atoms with Crippen molar-refractivity contribution in [3.8, 4) is 11.4 Å². The number of rotatable bonds is 5. The van der Waals surface area contributed by atoms with Crippen LogP contribution >= 0.6 is 12.6 Å². The van der Waals surface area contributed by atoms with E-state index in [2.05, 4.69) is 28.0 Å². The van der Waals surface area contributed by atoms with Crippen molar-refractivity contribution in [1.82, 2.24) is 20.1 Å². The molecule has 1 N–H and O–H groups in total. The number of thiol groups is 1. The van der Waals surface area contributed by atoms with Crippen LogP contribution in [0.15, 0.2) is 36.7 Å². The van der Waals surface area contributed by atoms with Crippen LogP contribution in [-0.2, 0) is 11.3 Å². The molecule has 1 heterocycles. The fourth-order valence-corrected chi connectivity index (χ4v) is 1.60. The maximum atomic E-state index is 11.5. The first kappa shape index (κ1) is 12.6. The summed E-state index contributed by atoms with van der Waals surface area (Å²) in [5.41, 5.74) is 0.937.